The number of rotatable bonds is 6. The van der Waals surface area contributed by atoms with E-state index in [1.54, 1.807) is 7.11 Å². The van der Waals surface area contributed by atoms with Gasteiger partial charge in [-0.15, -0.1) is 0 Å². The number of carbonyl (C=O) groups excluding carboxylic acids is 2. The molecule has 1 aromatic rings. The first-order valence-corrected chi connectivity index (χ1v) is 10.8. The number of hydrogen-bond donors (Lipinski definition) is 1. The van der Waals surface area contributed by atoms with Crippen molar-refractivity contribution in [3.63, 3.8) is 0 Å². The first kappa shape index (κ1) is 20.7. The Balaban J connectivity index is 1.39. The van der Waals surface area contributed by atoms with Crippen molar-refractivity contribution < 1.29 is 14.3 Å². The van der Waals surface area contributed by atoms with Crippen molar-refractivity contribution in [1.29, 1.82) is 0 Å². The molecule has 5 nitrogen and oxygen atoms in total. The van der Waals surface area contributed by atoms with Crippen molar-refractivity contribution in [2.45, 2.75) is 51.9 Å². The van der Waals surface area contributed by atoms with Crippen LogP contribution >= 0.6 is 0 Å². The second-order valence-electron chi connectivity index (χ2n) is 8.41. The van der Waals surface area contributed by atoms with Gasteiger partial charge in [0.1, 0.15) is 5.75 Å². The Kier molecular flexibility index (Phi) is 7.35. The zero-order valence-electron chi connectivity index (χ0n) is 17.3. The summed E-state index contributed by atoms with van der Waals surface area (Å²) < 4.78 is 5.36. The highest BCUT2D eigenvalue weighted by Crippen LogP contribution is 2.31. The highest BCUT2D eigenvalue weighted by molar-refractivity contribution is 5.81. The molecule has 0 bridgehead atoms. The summed E-state index contributed by atoms with van der Waals surface area (Å²) in [5, 5.41) is 3.07. The predicted octanol–water partition coefficient (Wildman–Crippen LogP) is 3.42. The van der Waals surface area contributed by atoms with E-state index in [9.17, 15) is 9.59 Å². The summed E-state index contributed by atoms with van der Waals surface area (Å²) in [4.78, 5) is 27.3. The summed E-state index contributed by atoms with van der Waals surface area (Å²) in [5.41, 5.74) is 1.11. The lowest BCUT2D eigenvalue weighted by Crippen LogP contribution is -2.43. The SMILES string of the molecule is COc1ccccc1CCNC(=O)C1CCC(C(=O)N2CCC(C)CC2)CC1. The van der Waals surface area contributed by atoms with E-state index in [2.05, 4.69) is 17.1 Å². The lowest BCUT2D eigenvalue weighted by atomic mass is 9.80. The summed E-state index contributed by atoms with van der Waals surface area (Å²) in [7, 11) is 1.67. The molecule has 1 heterocycles. The smallest absolute Gasteiger partial charge is 0.225 e. The molecule has 2 amide bonds. The zero-order chi connectivity index (χ0) is 19.9. The normalized spacial score (nSPS) is 23.3. The first-order chi connectivity index (χ1) is 13.6. The summed E-state index contributed by atoms with van der Waals surface area (Å²) in [6.45, 7) is 4.69. The maximum Gasteiger partial charge on any atom is 0.225 e. The second-order valence-corrected chi connectivity index (χ2v) is 8.41. The molecule has 0 aromatic heterocycles. The quantitative estimate of drug-likeness (QED) is 0.815. The van der Waals surface area contributed by atoms with Crippen molar-refractivity contribution in [3.05, 3.63) is 29.8 Å². The van der Waals surface area contributed by atoms with Crippen LogP contribution in [0, 0.1) is 17.8 Å². The van der Waals surface area contributed by atoms with Crippen LogP contribution in [0.15, 0.2) is 24.3 Å². The number of nitrogens with one attached hydrogen (secondary N) is 1. The molecular formula is C23H34N2O3. The second kappa shape index (κ2) is 9.94. The van der Waals surface area contributed by atoms with E-state index in [0.29, 0.717) is 12.5 Å². The van der Waals surface area contributed by atoms with Crippen LogP contribution in [0.1, 0.15) is 51.0 Å². The molecule has 1 aromatic carbocycles. The lowest BCUT2D eigenvalue weighted by Gasteiger charge is -2.35. The fourth-order valence-corrected chi connectivity index (χ4v) is 4.46. The standard InChI is InChI=1S/C23H34N2O3/c1-17-12-15-25(16-13-17)23(27)20-9-7-19(8-10-20)22(26)24-14-11-18-5-3-4-6-21(18)28-2/h3-6,17,19-20H,7-16H2,1-2H3,(H,24,26). The predicted molar refractivity (Wildman–Crippen MR) is 110 cm³/mol. The molecular weight excluding hydrogens is 352 g/mol. The van der Waals surface area contributed by atoms with Gasteiger partial charge < -0.3 is 15.0 Å². The Morgan fingerprint density at radius 2 is 1.68 bits per heavy atom. The van der Waals surface area contributed by atoms with Crippen LogP contribution in [0.4, 0.5) is 0 Å². The summed E-state index contributed by atoms with van der Waals surface area (Å²) in [6.07, 6.45) is 6.33. The minimum absolute atomic E-state index is 0.0445. The van der Waals surface area contributed by atoms with Gasteiger partial charge in [0.15, 0.2) is 0 Å². The van der Waals surface area contributed by atoms with Gasteiger partial charge in [0.2, 0.25) is 11.8 Å². The minimum atomic E-state index is 0.0445. The van der Waals surface area contributed by atoms with Gasteiger partial charge in [0, 0.05) is 31.5 Å². The first-order valence-electron chi connectivity index (χ1n) is 10.8. The number of piperidine rings is 1. The molecule has 3 rings (SSSR count). The van der Waals surface area contributed by atoms with E-state index < -0.39 is 0 Å². The van der Waals surface area contributed by atoms with Gasteiger partial charge in [-0.05, 0) is 62.5 Å². The van der Waals surface area contributed by atoms with Crippen molar-refractivity contribution in [2.24, 2.45) is 17.8 Å². The molecule has 2 aliphatic rings. The average Bonchev–Trinajstić information content (AvgIpc) is 2.74. The van der Waals surface area contributed by atoms with Crippen LogP contribution in [0.2, 0.25) is 0 Å². The fourth-order valence-electron chi connectivity index (χ4n) is 4.46. The number of methoxy groups -OCH3 is 1. The average molecular weight is 387 g/mol. The topological polar surface area (TPSA) is 58.6 Å². The molecule has 2 fully saturated rings. The largest absolute Gasteiger partial charge is 0.496 e. The van der Waals surface area contributed by atoms with E-state index >= 15 is 0 Å². The Hall–Kier alpha value is -2.04. The molecule has 154 valence electrons. The number of nitrogens with zero attached hydrogens (tertiary/aromatic N) is 1. The third-order valence-corrected chi connectivity index (χ3v) is 6.43. The van der Waals surface area contributed by atoms with E-state index in [0.717, 1.165) is 75.3 Å². The molecule has 0 atom stereocenters. The highest BCUT2D eigenvalue weighted by Gasteiger charge is 2.33. The van der Waals surface area contributed by atoms with Gasteiger partial charge >= 0.3 is 0 Å². The van der Waals surface area contributed by atoms with E-state index in [1.165, 1.54) is 0 Å². The van der Waals surface area contributed by atoms with Gasteiger partial charge in [0.05, 0.1) is 7.11 Å². The number of likely N-dealkylation sites (tertiary alicyclic amines) is 1. The number of benzene rings is 1. The van der Waals surface area contributed by atoms with Crippen molar-refractivity contribution in [2.75, 3.05) is 26.7 Å². The molecule has 1 aliphatic heterocycles. The van der Waals surface area contributed by atoms with E-state index in [4.69, 9.17) is 4.74 Å². The molecule has 0 radical (unpaired) electrons. The van der Waals surface area contributed by atoms with Gasteiger partial charge in [0.25, 0.3) is 0 Å². The summed E-state index contributed by atoms with van der Waals surface area (Å²) in [5.74, 6) is 2.21. The number of amides is 2. The maximum atomic E-state index is 12.7. The van der Waals surface area contributed by atoms with Crippen molar-refractivity contribution in [3.8, 4) is 5.75 Å². The van der Waals surface area contributed by atoms with Gasteiger partial charge in [-0.3, -0.25) is 9.59 Å². The van der Waals surface area contributed by atoms with Crippen molar-refractivity contribution >= 4 is 11.8 Å². The zero-order valence-corrected chi connectivity index (χ0v) is 17.3. The van der Waals surface area contributed by atoms with E-state index in [1.807, 2.05) is 24.3 Å². The molecule has 1 N–H and O–H groups in total. The van der Waals surface area contributed by atoms with E-state index in [-0.39, 0.29) is 17.7 Å². The van der Waals surface area contributed by atoms with Crippen LogP contribution in [0.5, 0.6) is 5.75 Å². The highest BCUT2D eigenvalue weighted by atomic mass is 16.5. The Bertz CT molecular complexity index is 660. The van der Waals surface area contributed by atoms with Gasteiger partial charge in [-0.2, -0.15) is 0 Å². The lowest BCUT2D eigenvalue weighted by molar-refractivity contribution is -0.139. The van der Waals surface area contributed by atoms with Gasteiger partial charge in [-0.25, -0.2) is 0 Å². The fraction of sp³-hybridized carbons (Fsp3) is 0.652. The molecule has 1 saturated heterocycles. The van der Waals surface area contributed by atoms with Crippen LogP contribution < -0.4 is 10.1 Å². The van der Waals surface area contributed by atoms with Crippen LogP contribution in [0.3, 0.4) is 0 Å². The molecule has 0 spiro atoms. The maximum absolute atomic E-state index is 12.7. The van der Waals surface area contributed by atoms with Crippen LogP contribution in [0.25, 0.3) is 0 Å². The monoisotopic (exact) mass is 386 g/mol. The van der Waals surface area contributed by atoms with Crippen molar-refractivity contribution in [1.82, 2.24) is 10.2 Å². The van der Waals surface area contributed by atoms with Crippen LogP contribution in [-0.4, -0.2) is 43.5 Å². The molecule has 5 heteroatoms. The minimum Gasteiger partial charge on any atom is -0.496 e. The third-order valence-electron chi connectivity index (χ3n) is 6.43. The Morgan fingerprint density at radius 1 is 1.04 bits per heavy atom. The molecule has 1 saturated carbocycles. The summed E-state index contributed by atoms with van der Waals surface area (Å²) >= 11 is 0. The Labute approximate surface area is 168 Å². The molecule has 28 heavy (non-hydrogen) atoms. The number of carbonyl (C=O) groups is 2. The summed E-state index contributed by atoms with van der Waals surface area (Å²) in [6, 6.07) is 7.91. The third kappa shape index (κ3) is 5.27. The Morgan fingerprint density at radius 3 is 2.36 bits per heavy atom. The number of ether oxygens (including phenoxy) is 1. The van der Waals surface area contributed by atoms with Gasteiger partial charge in [-0.1, -0.05) is 25.1 Å². The molecule has 0 unspecified atom stereocenters. The number of hydrogen-bond acceptors (Lipinski definition) is 3. The molecule has 1 aliphatic carbocycles. The van der Waals surface area contributed by atoms with Crippen LogP contribution in [-0.2, 0) is 16.0 Å². The number of para-hydroxylation sites is 1.